The number of nitrogens with zero attached hydrogens (tertiary/aromatic N) is 3. The van der Waals surface area contributed by atoms with Crippen molar-refractivity contribution in [2.45, 2.75) is 37.1 Å². The van der Waals surface area contributed by atoms with Crippen molar-refractivity contribution in [2.75, 3.05) is 20.7 Å². The SMILES string of the molecule is COc1cccc([C@@]23CCC[C@@H](C2=C(C#N)C#N)N(C)CC3)c1. The summed E-state index contributed by atoms with van der Waals surface area (Å²) in [6.07, 6.45) is 4.06. The quantitative estimate of drug-likeness (QED) is 0.787. The molecule has 4 heteroatoms. The summed E-state index contributed by atoms with van der Waals surface area (Å²) in [4.78, 5) is 2.29. The molecule has 0 N–H and O–H groups in total. The molecule has 4 nitrogen and oxygen atoms in total. The van der Waals surface area contributed by atoms with E-state index in [2.05, 4.69) is 36.2 Å². The van der Waals surface area contributed by atoms with Gasteiger partial charge in [-0.1, -0.05) is 18.6 Å². The summed E-state index contributed by atoms with van der Waals surface area (Å²) in [5, 5.41) is 19.0. The third kappa shape index (κ3) is 2.40. The van der Waals surface area contributed by atoms with Crippen molar-refractivity contribution in [3.8, 4) is 17.9 Å². The predicted octanol–water partition coefficient (Wildman–Crippen LogP) is 3.16. The Balaban J connectivity index is 2.23. The van der Waals surface area contributed by atoms with Crippen LogP contribution in [0.4, 0.5) is 0 Å². The van der Waals surface area contributed by atoms with Crippen LogP contribution in [0.2, 0.25) is 0 Å². The lowest BCUT2D eigenvalue weighted by Crippen LogP contribution is -2.52. The van der Waals surface area contributed by atoms with Crippen molar-refractivity contribution in [3.05, 3.63) is 41.0 Å². The molecule has 0 radical (unpaired) electrons. The van der Waals surface area contributed by atoms with Gasteiger partial charge in [0.15, 0.2) is 0 Å². The average Bonchev–Trinajstić information content (AvgIpc) is 2.60. The first-order valence-corrected chi connectivity index (χ1v) is 8.06. The van der Waals surface area contributed by atoms with E-state index in [9.17, 15) is 10.5 Å². The van der Waals surface area contributed by atoms with Gasteiger partial charge in [-0.2, -0.15) is 10.5 Å². The fourth-order valence-electron chi connectivity index (χ4n) is 4.33. The van der Waals surface area contributed by atoms with E-state index in [1.807, 2.05) is 12.1 Å². The predicted molar refractivity (Wildman–Crippen MR) is 87.8 cm³/mol. The summed E-state index contributed by atoms with van der Waals surface area (Å²) in [5.74, 6) is 0.827. The molecule has 1 aliphatic heterocycles. The largest absolute Gasteiger partial charge is 0.497 e. The second-order valence-electron chi connectivity index (χ2n) is 6.46. The Labute approximate surface area is 137 Å². The number of nitriles is 2. The molecule has 1 heterocycles. The monoisotopic (exact) mass is 307 g/mol. The first-order valence-electron chi connectivity index (χ1n) is 8.06. The zero-order valence-corrected chi connectivity index (χ0v) is 13.7. The summed E-state index contributed by atoms with van der Waals surface area (Å²) in [5.41, 5.74) is 2.29. The zero-order chi connectivity index (χ0) is 16.4. The highest BCUT2D eigenvalue weighted by molar-refractivity contribution is 5.53. The van der Waals surface area contributed by atoms with Gasteiger partial charge < -0.3 is 4.74 Å². The lowest BCUT2D eigenvalue weighted by Gasteiger charge is -2.52. The van der Waals surface area contributed by atoms with Gasteiger partial charge in [0, 0.05) is 11.5 Å². The summed E-state index contributed by atoms with van der Waals surface area (Å²) in [6, 6.07) is 12.6. The third-order valence-corrected chi connectivity index (χ3v) is 5.47. The molecule has 0 aromatic heterocycles. The van der Waals surface area contributed by atoms with Crippen LogP contribution in [0.1, 0.15) is 31.2 Å². The fourth-order valence-corrected chi connectivity index (χ4v) is 4.33. The summed E-state index contributed by atoms with van der Waals surface area (Å²) in [7, 11) is 3.76. The van der Waals surface area contributed by atoms with E-state index in [0.717, 1.165) is 43.6 Å². The smallest absolute Gasteiger partial charge is 0.131 e. The molecule has 3 rings (SSSR count). The standard InChI is InChI=1S/C19H21N3O/c1-22-10-9-19(15-5-3-6-16(11-15)23-2)8-4-7-17(22)18(19)14(12-20)13-21/h3,5-6,11,17H,4,7-10H2,1-2H3/t17-,19-/m0/s1. The van der Waals surface area contributed by atoms with E-state index in [4.69, 9.17) is 4.74 Å². The van der Waals surface area contributed by atoms with E-state index in [1.165, 1.54) is 5.56 Å². The molecule has 1 saturated carbocycles. The Morgan fingerprint density at radius 2 is 2.09 bits per heavy atom. The number of rotatable bonds is 2. The maximum Gasteiger partial charge on any atom is 0.131 e. The van der Waals surface area contributed by atoms with E-state index in [0.29, 0.717) is 5.57 Å². The van der Waals surface area contributed by atoms with Crippen molar-refractivity contribution in [3.63, 3.8) is 0 Å². The van der Waals surface area contributed by atoms with Gasteiger partial charge in [-0.25, -0.2) is 0 Å². The minimum atomic E-state index is -0.204. The molecular formula is C19H21N3O. The Bertz CT molecular complexity index is 709. The van der Waals surface area contributed by atoms with E-state index < -0.39 is 0 Å². The van der Waals surface area contributed by atoms with E-state index >= 15 is 0 Å². The van der Waals surface area contributed by atoms with Crippen LogP contribution in [0.25, 0.3) is 0 Å². The van der Waals surface area contributed by atoms with Gasteiger partial charge in [0.2, 0.25) is 0 Å². The van der Waals surface area contributed by atoms with Crippen molar-refractivity contribution >= 4 is 0 Å². The number of allylic oxidation sites excluding steroid dienone is 1. The second kappa shape index (κ2) is 6.07. The fraction of sp³-hybridized carbons (Fsp3) is 0.474. The average molecular weight is 307 g/mol. The number of fused-ring (bicyclic) bond motifs is 2. The third-order valence-electron chi connectivity index (χ3n) is 5.47. The highest BCUT2D eigenvalue weighted by Gasteiger charge is 2.48. The zero-order valence-electron chi connectivity index (χ0n) is 13.7. The Morgan fingerprint density at radius 3 is 2.78 bits per heavy atom. The van der Waals surface area contributed by atoms with Crippen molar-refractivity contribution < 1.29 is 4.74 Å². The van der Waals surface area contributed by atoms with Gasteiger partial charge in [-0.05, 0) is 56.1 Å². The molecule has 1 aromatic carbocycles. The number of hydrogen-bond acceptors (Lipinski definition) is 4. The minimum absolute atomic E-state index is 0.193. The van der Waals surface area contributed by atoms with Crippen molar-refractivity contribution in [2.24, 2.45) is 0 Å². The maximum absolute atomic E-state index is 9.51. The molecule has 1 aromatic rings. The summed E-state index contributed by atoms with van der Waals surface area (Å²) in [6.45, 7) is 0.982. The molecule has 2 fully saturated rings. The highest BCUT2D eigenvalue weighted by atomic mass is 16.5. The Hall–Kier alpha value is -2.30. The van der Waals surface area contributed by atoms with Gasteiger partial charge in [-0.3, -0.25) is 4.90 Å². The molecule has 0 unspecified atom stereocenters. The molecule has 0 amide bonds. The molecule has 1 saturated heterocycles. The Morgan fingerprint density at radius 1 is 1.30 bits per heavy atom. The molecule has 2 atom stereocenters. The number of likely N-dealkylation sites (N-methyl/N-ethyl adjacent to an activating group) is 1. The van der Waals surface area contributed by atoms with Crippen LogP contribution < -0.4 is 4.74 Å². The van der Waals surface area contributed by atoms with Crippen LogP contribution in [0.5, 0.6) is 5.75 Å². The molecule has 2 bridgehead atoms. The van der Waals surface area contributed by atoms with Gasteiger partial charge in [0.1, 0.15) is 23.5 Å². The number of methoxy groups -OCH3 is 1. The number of hydrogen-bond donors (Lipinski definition) is 0. The summed E-state index contributed by atoms with van der Waals surface area (Å²) >= 11 is 0. The molecule has 118 valence electrons. The first kappa shape index (κ1) is 15.6. The number of ether oxygens (including phenoxy) is 1. The second-order valence-corrected chi connectivity index (χ2v) is 6.46. The molecule has 23 heavy (non-hydrogen) atoms. The van der Waals surface area contributed by atoms with Gasteiger partial charge in [0.25, 0.3) is 0 Å². The van der Waals surface area contributed by atoms with Crippen LogP contribution in [0, 0.1) is 22.7 Å². The van der Waals surface area contributed by atoms with Gasteiger partial charge >= 0.3 is 0 Å². The van der Waals surface area contributed by atoms with Crippen molar-refractivity contribution in [1.29, 1.82) is 10.5 Å². The number of piperidine rings is 1. The normalized spacial score (nSPS) is 27.0. The highest BCUT2D eigenvalue weighted by Crippen LogP contribution is 2.51. The summed E-state index contributed by atoms with van der Waals surface area (Å²) < 4.78 is 5.39. The van der Waals surface area contributed by atoms with Crippen LogP contribution in [0.15, 0.2) is 35.4 Å². The van der Waals surface area contributed by atoms with Crippen molar-refractivity contribution in [1.82, 2.24) is 4.90 Å². The molecular weight excluding hydrogens is 286 g/mol. The van der Waals surface area contributed by atoms with Gasteiger partial charge in [0.05, 0.1) is 7.11 Å². The first-order chi connectivity index (χ1) is 11.2. The molecule has 2 aliphatic rings. The topological polar surface area (TPSA) is 60.0 Å². The lowest BCUT2D eigenvalue weighted by molar-refractivity contribution is 0.134. The van der Waals surface area contributed by atoms with Crippen LogP contribution >= 0.6 is 0 Å². The Kier molecular flexibility index (Phi) is 4.11. The minimum Gasteiger partial charge on any atom is -0.497 e. The molecule has 0 spiro atoms. The van der Waals surface area contributed by atoms with E-state index in [1.54, 1.807) is 7.11 Å². The van der Waals surface area contributed by atoms with Crippen LogP contribution in [-0.4, -0.2) is 31.6 Å². The van der Waals surface area contributed by atoms with Crippen LogP contribution in [0.3, 0.4) is 0 Å². The van der Waals surface area contributed by atoms with E-state index in [-0.39, 0.29) is 11.5 Å². The number of benzene rings is 1. The number of likely N-dealkylation sites (tertiary alicyclic amines) is 1. The molecule has 1 aliphatic carbocycles. The maximum atomic E-state index is 9.51. The lowest BCUT2D eigenvalue weighted by atomic mass is 9.59. The van der Waals surface area contributed by atoms with Crippen LogP contribution in [-0.2, 0) is 5.41 Å². The van der Waals surface area contributed by atoms with Gasteiger partial charge in [-0.15, -0.1) is 0 Å².